The van der Waals surface area contributed by atoms with Crippen LogP contribution in [0.4, 0.5) is 5.82 Å². The van der Waals surface area contributed by atoms with Gasteiger partial charge < -0.3 is 4.90 Å². The summed E-state index contributed by atoms with van der Waals surface area (Å²) in [4.78, 5) is 9.32. The summed E-state index contributed by atoms with van der Waals surface area (Å²) in [6.45, 7) is 12.3. The van der Waals surface area contributed by atoms with E-state index in [0.29, 0.717) is 6.04 Å². The predicted octanol–water partition coefficient (Wildman–Crippen LogP) is 2.30. The highest BCUT2D eigenvalue weighted by Gasteiger charge is 2.21. The summed E-state index contributed by atoms with van der Waals surface area (Å²) in [6, 6.07) is 4.78. The third-order valence-corrected chi connectivity index (χ3v) is 3.28. The fraction of sp³-hybridized carbons (Fsp3) is 0.500. The molecule has 1 aliphatic heterocycles. The molecule has 2 rings (SSSR count). The molecule has 0 atom stereocenters. The van der Waals surface area contributed by atoms with Crippen LogP contribution in [0.5, 0.6) is 0 Å². The van der Waals surface area contributed by atoms with Gasteiger partial charge in [-0.05, 0) is 19.9 Å². The molecule has 3 heteroatoms. The Hall–Kier alpha value is -1.35. The first-order valence-electron chi connectivity index (χ1n) is 6.26. The Morgan fingerprint density at radius 1 is 1.47 bits per heavy atom. The Morgan fingerprint density at radius 3 is 3.00 bits per heavy atom. The van der Waals surface area contributed by atoms with Crippen molar-refractivity contribution in [1.29, 1.82) is 0 Å². The van der Waals surface area contributed by atoms with Gasteiger partial charge >= 0.3 is 0 Å². The third-order valence-electron chi connectivity index (χ3n) is 3.28. The van der Waals surface area contributed by atoms with Gasteiger partial charge in [0.05, 0.1) is 0 Å². The lowest BCUT2D eigenvalue weighted by Crippen LogP contribution is -2.35. The number of anilines is 1. The van der Waals surface area contributed by atoms with E-state index < -0.39 is 0 Å². The Kier molecular flexibility index (Phi) is 3.79. The van der Waals surface area contributed by atoms with E-state index in [9.17, 15) is 0 Å². The van der Waals surface area contributed by atoms with Crippen molar-refractivity contribution in [3.63, 3.8) is 0 Å². The minimum absolute atomic E-state index is 0.576. The lowest BCUT2D eigenvalue weighted by atomic mass is 10.2. The van der Waals surface area contributed by atoms with Gasteiger partial charge in [0, 0.05) is 44.0 Å². The Balaban J connectivity index is 2.29. The molecule has 0 spiro atoms. The van der Waals surface area contributed by atoms with Gasteiger partial charge in [-0.25, -0.2) is 4.98 Å². The van der Waals surface area contributed by atoms with Crippen LogP contribution < -0.4 is 4.90 Å². The maximum absolute atomic E-state index is 4.52. The average Bonchev–Trinajstić information content (AvgIpc) is 2.50. The SMILES string of the molecule is C=CCN1CCN(C(C)C)Cc2cccnc21. The lowest BCUT2D eigenvalue weighted by Gasteiger charge is -2.25. The number of fused-ring (bicyclic) bond motifs is 1. The molecule has 0 saturated carbocycles. The van der Waals surface area contributed by atoms with Crippen LogP contribution in [-0.2, 0) is 6.54 Å². The fourth-order valence-electron chi connectivity index (χ4n) is 2.27. The summed E-state index contributed by atoms with van der Waals surface area (Å²) in [5, 5.41) is 0. The van der Waals surface area contributed by atoms with E-state index in [0.717, 1.165) is 32.0 Å². The molecule has 0 unspecified atom stereocenters. The molecule has 0 bridgehead atoms. The quantitative estimate of drug-likeness (QED) is 0.744. The summed E-state index contributed by atoms with van der Waals surface area (Å²) in [5.41, 5.74) is 1.32. The molecule has 2 heterocycles. The van der Waals surface area contributed by atoms with Crippen molar-refractivity contribution in [3.05, 3.63) is 36.5 Å². The van der Waals surface area contributed by atoms with Crippen LogP contribution in [-0.4, -0.2) is 35.6 Å². The molecule has 0 fully saturated rings. The van der Waals surface area contributed by atoms with Crippen molar-refractivity contribution < 1.29 is 0 Å². The Morgan fingerprint density at radius 2 is 2.29 bits per heavy atom. The molecular weight excluding hydrogens is 210 g/mol. The monoisotopic (exact) mass is 231 g/mol. The van der Waals surface area contributed by atoms with Gasteiger partial charge in [-0.3, -0.25) is 4.90 Å². The summed E-state index contributed by atoms with van der Waals surface area (Å²) >= 11 is 0. The van der Waals surface area contributed by atoms with Crippen molar-refractivity contribution in [1.82, 2.24) is 9.88 Å². The molecule has 92 valence electrons. The first-order chi connectivity index (χ1) is 8.22. The second-order valence-corrected chi connectivity index (χ2v) is 4.79. The van der Waals surface area contributed by atoms with E-state index in [2.05, 4.69) is 41.3 Å². The molecule has 1 aliphatic rings. The minimum atomic E-state index is 0.576. The van der Waals surface area contributed by atoms with Crippen LogP contribution in [0.2, 0.25) is 0 Å². The first-order valence-corrected chi connectivity index (χ1v) is 6.26. The smallest absolute Gasteiger partial charge is 0.133 e. The van der Waals surface area contributed by atoms with Gasteiger partial charge in [0.25, 0.3) is 0 Å². The largest absolute Gasteiger partial charge is 0.351 e. The van der Waals surface area contributed by atoms with Crippen molar-refractivity contribution in [2.75, 3.05) is 24.5 Å². The number of hydrogen-bond acceptors (Lipinski definition) is 3. The molecule has 17 heavy (non-hydrogen) atoms. The summed E-state index contributed by atoms with van der Waals surface area (Å²) in [7, 11) is 0. The average molecular weight is 231 g/mol. The zero-order valence-corrected chi connectivity index (χ0v) is 10.8. The van der Waals surface area contributed by atoms with Gasteiger partial charge in [-0.1, -0.05) is 12.1 Å². The molecule has 1 aromatic rings. The first kappa shape index (κ1) is 12.1. The van der Waals surface area contributed by atoms with Crippen LogP contribution in [0.15, 0.2) is 31.0 Å². The highest BCUT2D eigenvalue weighted by atomic mass is 15.3. The molecule has 0 N–H and O–H groups in total. The second kappa shape index (κ2) is 5.32. The standard InChI is InChI=1S/C14H21N3/c1-4-8-16-9-10-17(12(2)3)11-13-6-5-7-15-14(13)16/h4-7,12H,1,8-11H2,2-3H3. The number of pyridine rings is 1. The highest BCUT2D eigenvalue weighted by molar-refractivity contribution is 5.48. The summed E-state index contributed by atoms with van der Waals surface area (Å²) in [5.74, 6) is 1.12. The van der Waals surface area contributed by atoms with Gasteiger partial charge in [0.1, 0.15) is 5.82 Å². The number of rotatable bonds is 3. The molecule has 0 radical (unpaired) electrons. The van der Waals surface area contributed by atoms with Gasteiger partial charge in [-0.15, -0.1) is 6.58 Å². The van der Waals surface area contributed by atoms with Crippen LogP contribution in [0.25, 0.3) is 0 Å². The molecule has 0 saturated heterocycles. The van der Waals surface area contributed by atoms with Crippen molar-refractivity contribution in [2.24, 2.45) is 0 Å². The van der Waals surface area contributed by atoms with Crippen LogP contribution in [0, 0.1) is 0 Å². The highest BCUT2D eigenvalue weighted by Crippen LogP contribution is 2.23. The predicted molar refractivity (Wildman–Crippen MR) is 72.2 cm³/mol. The van der Waals surface area contributed by atoms with Crippen LogP contribution in [0.1, 0.15) is 19.4 Å². The van der Waals surface area contributed by atoms with Crippen LogP contribution in [0.3, 0.4) is 0 Å². The van der Waals surface area contributed by atoms with E-state index in [1.165, 1.54) is 5.56 Å². The van der Waals surface area contributed by atoms with E-state index in [4.69, 9.17) is 0 Å². The van der Waals surface area contributed by atoms with Gasteiger partial charge in [0.15, 0.2) is 0 Å². The summed E-state index contributed by atoms with van der Waals surface area (Å²) < 4.78 is 0. The topological polar surface area (TPSA) is 19.4 Å². The maximum atomic E-state index is 4.52. The molecule has 3 nitrogen and oxygen atoms in total. The number of aromatic nitrogens is 1. The van der Waals surface area contributed by atoms with Crippen molar-refractivity contribution >= 4 is 5.82 Å². The van der Waals surface area contributed by atoms with Gasteiger partial charge in [-0.2, -0.15) is 0 Å². The maximum Gasteiger partial charge on any atom is 0.133 e. The van der Waals surface area contributed by atoms with E-state index in [1.807, 2.05) is 18.3 Å². The molecule has 0 aromatic carbocycles. The Bertz CT molecular complexity index is 387. The summed E-state index contributed by atoms with van der Waals surface area (Å²) in [6.07, 6.45) is 3.82. The van der Waals surface area contributed by atoms with Gasteiger partial charge in [0.2, 0.25) is 0 Å². The molecule has 0 amide bonds. The number of hydrogen-bond donors (Lipinski definition) is 0. The molecule has 0 aliphatic carbocycles. The number of nitrogens with zero attached hydrogens (tertiary/aromatic N) is 3. The normalized spacial score (nSPS) is 16.8. The molecule has 1 aromatic heterocycles. The van der Waals surface area contributed by atoms with Crippen molar-refractivity contribution in [2.45, 2.75) is 26.4 Å². The zero-order valence-electron chi connectivity index (χ0n) is 10.8. The molecular formula is C14H21N3. The lowest BCUT2D eigenvalue weighted by molar-refractivity contribution is 0.223. The van der Waals surface area contributed by atoms with E-state index in [1.54, 1.807) is 0 Å². The second-order valence-electron chi connectivity index (χ2n) is 4.79. The zero-order chi connectivity index (χ0) is 12.3. The Labute approximate surface area is 104 Å². The third kappa shape index (κ3) is 2.67. The van der Waals surface area contributed by atoms with Crippen molar-refractivity contribution in [3.8, 4) is 0 Å². The fourth-order valence-corrected chi connectivity index (χ4v) is 2.27. The minimum Gasteiger partial charge on any atom is -0.351 e. The van der Waals surface area contributed by atoms with E-state index >= 15 is 0 Å². The van der Waals surface area contributed by atoms with E-state index in [-0.39, 0.29) is 0 Å². The van der Waals surface area contributed by atoms with Crippen LogP contribution >= 0.6 is 0 Å².